The van der Waals surface area contributed by atoms with Crippen LogP contribution in [0.3, 0.4) is 0 Å². The van der Waals surface area contributed by atoms with E-state index < -0.39 is 0 Å². The van der Waals surface area contributed by atoms with E-state index >= 15 is 0 Å². The molecule has 0 saturated heterocycles. The van der Waals surface area contributed by atoms with Gasteiger partial charge in [0, 0.05) is 12.1 Å². The highest BCUT2D eigenvalue weighted by molar-refractivity contribution is 6.29. The molecule has 1 rings (SSSR count). The molecule has 3 heteroatoms. The molecule has 0 aliphatic heterocycles. The molecule has 1 atom stereocenters. The number of carbonyl (C=O) groups is 1. The largest absolute Gasteiger partial charge is 0.303 e. The Morgan fingerprint density at radius 1 is 1.64 bits per heavy atom. The van der Waals surface area contributed by atoms with Gasteiger partial charge in [-0.1, -0.05) is 24.6 Å². The van der Waals surface area contributed by atoms with Gasteiger partial charge >= 0.3 is 0 Å². The van der Waals surface area contributed by atoms with E-state index in [1.54, 1.807) is 18.3 Å². The molecule has 11 heavy (non-hydrogen) atoms. The lowest BCUT2D eigenvalue weighted by Crippen LogP contribution is -1.94. The molecule has 0 aromatic carbocycles. The van der Waals surface area contributed by atoms with Crippen LogP contribution in [0.4, 0.5) is 0 Å². The molecule has 0 fully saturated rings. The molecule has 0 aliphatic carbocycles. The molecule has 0 spiro atoms. The Hall–Kier alpha value is -0.890. The van der Waals surface area contributed by atoms with Crippen molar-refractivity contribution < 1.29 is 4.79 Å². The summed E-state index contributed by atoms with van der Waals surface area (Å²) < 4.78 is 0. The average molecular weight is 170 g/mol. The summed E-state index contributed by atoms with van der Waals surface area (Å²) in [6.45, 7) is 1.82. The van der Waals surface area contributed by atoms with Crippen LogP contribution in [0, 0.1) is 0 Å². The van der Waals surface area contributed by atoms with Crippen LogP contribution in [-0.4, -0.2) is 11.3 Å². The summed E-state index contributed by atoms with van der Waals surface area (Å²) >= 11 is 5.56. The van der Waals surface area contributed by atoms with Crippen molar-refractivity contribution in [2.75, 3.05) is 0 Å². The quantitative estimate of drug-likeness (QED) is 0.501. The van der Waals surface area contributed by atoms with Crippen LogP contribution >= 0.6 is 11.6 Å². The van der Waals surface area contributed by atoms with Crippen LogP contribution in [0.5, 0.6) is 0 Å². The minimum atomic E-state index is -0.0974. The average Bonchev–Trinajstić information content (AvgIpc) is 2.05. The maximum atomic E-state index is 10.3. The fraction of sp³-hybridized carbons (Fsp3) is 0.250. The first-order chi connectivity index (χ1) is 5.24. The Morgan fingerprint density at radius 2 is 2.36 bits per heavy atom. The molecule has 1 aromatic heterocycles. The molecule has 1 aromatic rings. The fourth-order valence-electron chi connectivity index (χ4n) is 0.735. The minimum Gasteiger partial charge on any atom is -0.303 e. The van der Waals surface area contributed by atoms with Crippen LogP contribution in [-0.2, 0) is 4.79 Å². The first-order valence-corrected chi connectivity index (χ1v) is 3.68. The van der Waals surface area contributed by atoms with Gasteiger partial charge in [0.1, 0.15) is 11.4 Å². The molecule has 0 aliphatic rings. The second kappa shape index (κ2) is 3.49. The highest BCUT2D eigenvalue weighted by atomic mass is 35.5. The van der Waals surface area contributed by atoms with Crippen molar-refractivity contribution in [3.8, 4) is 0 Å². The number of rotatable bonds is 2. The smallest absolute Gasteiger partial charge is 0.129 e. The van der Waals surface area contributed by atoms with Gasteiger partial charge in [0.2, 0.25) is 0 Å². The number of halogens is 1. The van der Waals surface area contributed by atoms with Crippen molar-refractivity contribution in [3.63, 3.8) is 0 Å². The number of carbonyl (C=O) groups excluding carboxylic acids is 1. The number of hydrogen-bond donors (Lipinski definition) is 0. The van der Waals surface area contributed by atoms with Crippen molar-refractivity contribution in [3.05, 3.63) is 29.0 Å². The van der Waals surface area contributed by atoms with Crippen molar-refractivity contribution in [1.82, 2.24) is 4.98 Å². The lowest BCUT2D eigenvalue weighted by Gasteiger charge is -2.01. The predicted octanol–water partition coefficient (Wildman–Crippen LogP) is 2.04. The van der Waals surface area contributed by atoms with Crippen LogP contribution in [0.25, 0.3) is 0 Å². The van der Waals surface area contributed by atoms with Gasteiger partial charge in [0.25, 0.3) is 0 Å². The van der Waals surface area contributed by atoms with Gasteiger partial charge in [0.15, 0.2) is 0 Å². The Balaban J connectivity index is 2.89. The summed E-state index contributed by atoms with van der Waals surface area (Å²) in [5, 5.41) is 0.451. The van der Waals surface area contributed by atoms with Gasteiger partial charge in [-0.05, 0) is 11.6 Å². The van der Waals surface area contributed by atoms with Crippen LogP contribution in [0.15, 0.2) is 18.3 Å². The maximum Gasteiger partial charge on any atom is 0.129 e. The van der Waals surface area contributed by atoms with Gasteiger partial charge in [-0.3, -0.25) is 0 Å². The lowest BCUT2D eigenvalue weighted by molar-refractivity contribution is -0.108. The Kier molecular flexibility index (Phi) is 2.60. The number of hydrogen-bond acceptors (Lipinski definition) is 2. The van der Waals surface area contributed by atoms with Crippen molar-refractivity contribution in [2.45, 2.75) is 12.8 Å². The number of aldehydes is 1. The Morgan fingerprint density at radius 3 is 2.82 bits per heavy atom. The van der Waals surface area contributed by atoms with E-state index in [1.165, 1.54) is 0 Å². The summed E-state index contributed by atoms with van der Waals surface area (Å²) in [6, 6.07) is 3.48. The molecule has 0 radical (unpaired) electrons. The Labute approximate surface area is 70.2 Å². The molecular weight excluding hydrogens is 162 g/mol. The van der Waals surface area contributed by atoms with E-state index in [0.717, 1.165) is 11.8 Å². The van der Waals surface area contributed by atoms with E-state index in [1.807, 2.05) is 6.92 Å². The van der Waals surface area contributed by atoms with Gasteiger partial charge < -0.3 is 4.79 Å². The third-order valence-corrected chi connectivity index (χ3v) is 1.70. The molecule has 0 N–H and O–H groups in total. The van der Waals surface area contributed by atoms with Gasteiger partial charge in [0.05, 0.1) is 0 Å². The second-order valence-electron chi connectivity index (χ2n) is 2.34. The Bertz CT molecular complexity index is 245. The highest BCUT2D eigenvalue weighted by Crippen LogP contribution is 2.12. The monoisotopic (exact) mass is 169 g/mol. The minimum absolute atomic E-state index is 0.0974. The van der Waals surface area contributed by atoms with Crippen molar-refractivity contribution in [2.24, 2.45) is 0 Å². The number of nitrogens with zero attached hydrogens (tertiary/aromatic N) is 1. The van der Waals surface area contributed by atoms with Gasteiger partial charge in [-0.25, -0.2) is 4.98 Å². The summed E-state index contributed by atoms with van der Waals surface area (Å²) in [5.74, 6) is -0.0974. The van der Waals surface area contributed by atoms with E-state index in [-0.39, 0.29) is 5.92 Å². The van der Waals surface area contributed by atoms with E-state index in [2.05, 4.69) is 4.98 Å². The molecular formula is C8H8ClNO. The standard InChI is InChI=1S/C8H8ClNO/c1-6(5-11)7-2-3-8(9)10-4-7/h2-6H,1H3. The van der Waals surface area contributed by atoms with E-state index in [4.69, 9.17) is 11.6 Å². The summed E-state index contributed by atoms with van der Waals surface area (Å²) in [7, 11) is 0. The SMILES string of the molecule is CC(C=O)c1ccc(Cl)nc1. The third kappa shape index (κ3) is 2.02. The highest BCUT2D eigenvalue weighted by Gasteiger charge is 2.02. The fourth-order valence-corrected chi connectivity index (χ4v) is 0.847. The van der Waals surface area contributed by atoms with Crippen molar-refractivity contribution in [1.29, 1.82) is 0 Å². The molecule has 2 nitrogen and oxygen atoms in total. The summed E-state index contributed by atoms with van der Waals surface area (Å²) in [5.41, 5.74) is 0.893. The number of aromatic nitrogens is 1. The zero-order chi connectivity index (χ0) is 8.27. The van der Waals surface area contributed by atoms with Gasteiger partial charge in [-0.15, -0.1) is 0 Å². The molecule has 58 valence electrons. The molecule has 0 bridgehead atoms. The predicted molar refractivity (Wildman–Crippen MR) is 43.7 cm³/mol. The first kappa shape index (κ1) is 8.21. The zero-order valence-electron chi connectivity index (χ0n) is 6.12. The van der Waals surface area contributed by atoms with Crippen LogP contribution in [0.1, 0.15) is 18.4 Å². The second-order valence-corrected chi connectivity index (χ2v) is 2.73. The molecule has 1 unspecified atom stereocenters. The maximum absolute atomic E-state index is 10.3. The normalized spacial score (nSPS) is 12.5. The first-order valence-electron chi connectivity index (χ1n) is 3.31. The van der Waals surface area contributed by atoms with E-state index in [9.17, 15) is 4.79 Å². The summed E-state index contributed by atoms with van der Waals surface area (Å²) in [4.78, 5) is 14.2. The van der Waals surface area contributed by atoms with E-state index in [0.29, 0.717) is 5.15 Å². The van der Waals surface area contributed by atoms with Crippen molar-refractivity contribution >= 4 is 17.9 Å². The summed E-state index contributed by atoms with van der Waals surface area (Å²) in [6.07, 6.45) is 2.49. The third-order valence-electron chi connectivity index (χ3n) is 1.48. The van der Waals surface area contributed by atoms with Crippen LogP contribution < -0.4 is 0 Å². The van der Waals surface area contributed by atoms with Crippen LogP contribution in [0.2, 0.25) is 5.15 Å². The van der Waals surface area contributed by atoms with Gasteiger partial charge in [-0.2, -0.15) is 0 Å². The molecule has 1 heterocycles. The molecule has 0 amide bonds. The molecule has 0 saturated carbocycles. The lowest BCUT2D eigenvalue weighted by atomic mass is 10.1. The number of pyridine rings is 1. The zero-order valence-corrected chi connectivity index (χ0v) is 6.88. The topological polar surface area (TPSA) is 30.0 Å².